The maximum atomic E-state index is 12.2. The maximum absolute atomic E-state index is 12.2. The molecule has 3 amide bonds. The van der Waals surface area contributed by atoms with Crippen molar-refractivity contribution >= 4 is 17.7 Å². The van der Waals surface area contributed by atoms with Crippen LogP contribution in [0.2, 0.25) is 0 Å². The van der Waals surface area contributed by atoms with Crippen LogP contribution in [0, 0.1) is 11.8 Å². The molecule has 0 aromatic heterocycles. The fourth-order valence-electron chi connectivity index (χ4n) is 4.73. The summed E-state index contributed by atoms with van der Waals surface area (Å²) in [5.74, 6) is 0.516. The molecule has 3 aliphatic heterocycles. The van der Waals surface area contributed by atoms with Crippen LogP contribution in [0.4, 0.5) is 0 Å². The van der Waals surface area contributed by atoms with E-state index in [1.165, 1.54) is 6.42 Å². The lowest BCUT2D eigenvalue weighted by molar-refractivity contribution is -0.233. The smallest absolute Gasteiger partial charge is 0.242 e. The molecule has 4 bridgehead atoms. The van der Waals surface area contributed by atoms with E-state index < -0.39 is 5.72 Å². The van der Waals surface area contributed by atoms with E-state index in [0.717, 1.165) is 30.6 Å². The predicted molar refractivity (Wildman–Crippen MR) is 71.8 cm³/mol. The molecule has 5 rings (SSSR count). The topological polar surface area (TPSA) is 75.7 Å². The molecule has 3 saturated heterocycles. The molecule has 1 N–H and O–H groups in total. The highest BCUT2D eigenvalue weighted by atomic mass is 16.5. The molecular formula is C15H20N2O4. The molecule has 6 heteroatoms. The normalized spacial score (nSPS) is 41.0. The van der Waals surface area contributed by atoms with Gasteiger partial charge >= 0.3 is 0 Å². The van der Waals surface area contributed by atoms with Gasteiger partial charge in [0, 0.05) is 12.8 Å². The third-order valence-electron chi connectivity index (χ3n) is 5.31. The second-order valence-electron chi connectivity index (χ2n) is 7.00. The summed E-state index contributed by atoms with van der Waals surface area (Å²) in [5, 5.41) is 2.99. The number of likely N-dealkylation sites (tertiary alicyclic amines) is 1. The third-order valence-corrected chi connectivity index (χ3v) is 5.31. The lowest BCUT2D eigenvalue weighted by Crippen LogP contribution is -2.64. The quantitative estimate of drug-likeness (QED) is 0.771. The lowest BCUT2D eigenvalue weighted by atomic mass is 9.65. The molecule has 114 valence electrons. The Morgan fingerprint density at radius 2 is 1.76 bits per heavy atom. The van der Waals surface area contributed by atoms with Gasteiger partial charge in [0.1, 0.15) is 12.3 Å². The van der Waals surface area contributed by atoms with Gasteiger partial charge in [0.25, 0.3) is 0 Å². The van der Waals surface area contributed by atoms with Crippen molar-refractivity contribution in [1.82, 2.24) is 10.2 Å². The zero-order chi connectivity index (χ0) is 14.6. The van der Waals surface area contributed by atoms with Crippen LogP contribution >= 0.6 is 0 Å². The van der Waals surface area contributed by atoms with E-state index in [0.29, 0.717) is 11.8 Å². The highest BCUT2D eigenvalue weighted by molar-refractivity contribution is 6.04. The van der Waals surface area contributed by atoms with Crippen molar-refractivity contribution in [3.05, 3.63) is 0 Å². The highest BCUT2D eigenvalue weighted by Crippen LogP contribution is 2.51. The zero-order valence-electron chi connectivity index (χ0n) is 12.0. The molecule has 0 radical (unpaired) electrons. The number of nitrogens with one attached hydrogen (secondary N) is 1. The number of rotatable bonds is 3. The first-order valence-corrected chi connectivity index (χ1v) is 7.85. The minimum absolute atomic E-state index is 0.164. The second-order valence-corrected chi connectivity index (χ2v) is 7.00. The zero-order valence-corrected chi connectivity index (χ0v) is 12.0. The molecule has 2 aliphatic carbocycles. The van der Waals surface area contributed by atoms with E-state index in [-0.39, 0.29) is 43.2 Å². The third kappa shape index (κ3) is 2.25. The number of hydrogen-bond donors (Lipinski definition) is 1. The fraction of sp³-hybridized carbons (Fsp3) is 0.800. The minimum Gasteiger partial charge on any atom is -0.353 e. The second kappa shape index (κ2) is 4.53. The number of carbonyl (C=O) groups is 3. The van der Waals surface area contributed by atoms with Gasteiger partial charge < -0.3 is 10.1 Å². The summed E-state index contributed by atoms with van der Waals surface area (Å²) in [6.07, 6.45) is 5.92. The first-order chi connectivity index (χ1) is 10.0. The molecule has 5 fully saturated rings. The van der Waals surface area contributed by atoms with E-state index in [1.807, 2.05) is 0 Å². The van der Waals surface area contributed by atoms with Gasteiger partial charge in [-0.1, -0.05) is 0 Å². The molecule has 0 unspecified atom stereocenters. The summed E-state index contributed by atoms with van der Waals surface area (Å²) in [4.78, 5) is 36.5. The van der Waals surface area contributed by atoms with Crippen LogP contribution in [0.3, 0.4) is 0 Å². The molecule has 0 aromatic carbocycles. The van der Waals surface area contributed by atoms with E-state index >= 15 is 0 Å². The van der Waals surface area contributed by atoms with Crippen LogP contribution in [0.25, 0.3) is 0 Å². The minimum atomic E-state index is -0.544. The van der Waals surface area contributed by atoms with Crippen molar-refractivity contribution in [1.29, 1.82) is 0 Å². The van der Waals surface area contributed by atoms with Crippen molar-refractivity contribution < 1.29 is 19.1 Å². The molecule has 21 heavy (non-hydrogen) atoms. The van der Waals surface area contributed by atoms with E-state index in [1.54, 1.807) is 0 Å². The van der Waals surface area contributed by atoms with Crippen molar-refractivity contribution in [2.24, 2.45) is 11.8 Å². The van der Waals surface area contributed by atoms with E-state index in [9.17, 15) is 14.4 Å². The summed E-state index contributed by atoms with van der Waals surface area (Å²) in [6, 6.07) is 0. The Hall–Kier alpha value is -1.43. The van der Waals surface area contributed by atoms with Gasteiger partial charge in [0.2, 0.25) is 17.7 Å². The number of amides is 3. The fourth-order valence-corrected chi connectivity index (χ4v) is 4.73. The van der Waals surface area contributed by atoms with Crippen molar-refractivity contribution in [2.75, 3.05) is 6.54 Å². The Kier molecular flexibility index (Phi) is 2.86. The first-order valence-electron chi connectivity index (χ1n) is 7.85. The van der Waals surface area contributed by atoms with Gasteiger partial charge in [0.05, 0.1) is 6.10 Å². The van der Waals surface area contributed by atoms with Crippen LogP contribution in [0.1, 0.15) is 44.9 Å². The molecule has 4 atom stereocenters. The molecule has 5 aliphatic rings. The van der Waals surface area contributed by atoms with Crippen molar-refractivity contribution in [3.8, 4) is 0 Å². The summed E-state index contributed by atoms with van der Waals surface area (Å²) in [5.41, 5.74) is -0.544. The van der Waals surface area contributed by atoms with Gasteiger partial charge in [-0.05, 0) is 43.9 Å². The monoisotopic (exact) mass is 292 g/mol. The Labute approximate surface area is 123 Å². The van der Waals surface area contributed by atoms with Crippen LogP contribution in [-0.4, -0.2) is 41.0 Å². The van der Waals surface area contributed by atoms with Crippen molar-refractivity contribution in [2.45, 2.75) is 56.8 Å². The number of nitrogens with zero attached hydrogens (tertiary/aromatic N) is 1. The van der Waals surface area contributed by atoms with Crippen molar-refractivity contribution in [3.63, 3.8) is 0 Å². The first kappa shape index (κ1) is 13.2. The van der Waals surface area contributed by atoms with Crippen LogP contribution in [0.5, 0.6) is 0 Å². The van der Waals surface area contributed by atoms with Gasteiger partial charge in [-0.2, -0.15) is 0 Å². The average Bonchev–Trinajstić information content (AvgIpc) is 2.68. The molecule has 3 heterocycles. The molecule has 6 nitrogen and oxygen atoms in total. The summed E-state index contributed by atoms with van der Waals surface area (Å²) in [6.45, 7) is -0.164. The summed E-state index contributed by atoms with van der Waals surface area (Å²) in [7, 11) is 0. The Morgan fingerprint density at radius 3 is 2.33 bits per heavy atom. The molecular weight excluding hydrogens is 272 g/mol. The number of ether oxygens (including phenoxy) is 1. The van der Waals surface area contributed by atoms with Crippen LogP contribution in [-0.2, 0) is 19.1 Å². The Balaban J connectivity index is 1.42. The van der Waals surface area contributed by atoms with Crippen LogP contribution < -0.4 is 5.32 Å². The molecule has 0 aromatic rings. The molecule has 2 saturated carbocycles. The lowest BCUT2D eigenvalue weighted by Gasteiger charge is -2.56. The summed E-state index contributed by atoms with van der Waals surface area (Å²) < 4.78 is 6.08. The Morgan fingerprint density at radius 1 is 1.14 bits per heavy atom. The number of imide groups is 1. The van der Waals surface area contributed by atoms with Gasteiger partial charge in [0.15, 0.2) is 0 Å². The SMILES string of the molecule is O=C(CN1C(=O)CCC1=O)N[C@@]12C[C@@H]3C[C@@H](C[C@H](C3)O1)C2. The highest BCUT2D eigenvalue weighted by Gasteiger charge is 2.53. The number of carbonyl (C=O) groups excluding carboxylic acids is 3. The largest absolute Gasteiger partial charge is 0.353 e. The van der Waals surface area contributed by atoms with Gasteiger partial charge in [-0.15, -0.1) is 0 Å². The van der Waals surface area contributed by atoms with E-state index in [2.05, 4.69) is 5.32 Å². The average molecular weight is 292 g/mol. The van der Waals surface area contributed by atoms with Gasteiger partial charge in [-0.25, -0.2) is 0 Å². The standard InChI is InChI=1S/C15H20N2O4/c18-12(8-17-13(19)1-2-14(17)20)16-15-6-9-3-10(7-15)5-11(4-9)21-15/h9-11H,1-8H2,(H,16,18)/t9-,10+,11+,15+. The van der Waals surface area contributed by atoms with Crippen LogP contribution in [0.15, 0.2) is 0 Å². The van der Waals surface area contributed by atoms with Gasteiger partial charge in [-0.3, -0.25) is 19.3 Å². The summed E-state index contributed by atoms with van der Waals surface area (Å²) >= 11 is 0. The Bertz CT molecular complexity index is 465. The molecule has 0 spiro atoms. The van der Waals surface area contributed by atoms with E-state index in [4.69, 9.17) is 4.74 Å². The number of hydrogen-bond acceptors (Lipinski definition) is 4. The predicted octanol–water partition coefficient (Wildman–Crippen LogP) is 0.557. The maximum Gasteiger partial charge on any atom is 0.242 e.